The Bertz CT molecular complexity index is 1280. The summed E-state index contributed by atoms with van der Waals surface area (Å²) in [5.41, 5.74) is 1.76. The maximum atomic E-state index is 13.7. The van der Waals surface area contributed by atoms with Crippen molar-refractivity contribution in [3.63, 3.8) is 0 Å². The SMILES string of the molecule is Cc1onc(-c2ccccc2)c1C(=O)c1sc(S(C)(=O)=O)c2c1CC(C)(C)CC2=O. The van der Waals surface area contributed by atoms with E-state index in [1.54, 1.807) is 6.92 Å². The molecule has 1 aliphatic rings. The van der Waals surface area contributed by atoms with Crippen molar-refractivity contribution in [1.29, 1.82) is 0 Å². The molecule has 0 spiro atoms. The van der Waals surface area contributed by atoms with Crippen LogP contribution >= 0.6 is 11.3 Å². The minimum Gasteiger partial charge on any atom is -0.360 e. The van der Waals surface area contributed by atoms with E-state index in [1.165, 1.54) is 0 Å². The third-order valence-electron chi connectivity index (χ3n) is 5.23. The molecule has 0 unspecified atom stereocenters. The zero-order chi connectivity index (χ0) is 21.8. The van der Waals surface area contributed by atoms with E-state index in [9.17, 15) is 18.0 Å². The topological polar surface area (TPSA) is 94.3 Å². The number of carbonyl (C=O) groups is 2. The second kappa shape index (κ2) is 6.99. The van der Waals surface area contributed by atoms with Gasteiger partial charge in [0.15, 0.2) is 15.6 Å². The van der Waals surface area contributed by atoms with E-state index in [-0.39, 0.29) is 38.1 Å². The zero-order valence-electron chi connectivity index (χ0n) is 17.1. The van der Waals surface area contributed by atoms with Gasteiger partial charge in [-0.15, -0.1) is 11.3 Å². The second-order valence-electron chi connectivity index (χ2n) is 8.44. The average molecular weight is 444 g/mol. The highest BCUT2D eigenvalue weighted by atomic mass is 32.2. The van der Waals surface area contributed by atoms with Crippen LogP contribution in [0.25, 0.3) is 11.3 Å². The number of benzene rings is 1. The number of Topliss-reactive ketones (excluding diaryl/α,β-unsaturated/α-hetero) is 1. The minimum atomic E-state index is -3.66. The van der Waals surface area contributed by atoms with Crippen molar-refractivity contribution in [3.05, 3.63) is 57.7 Å². The number of hydrogen-bond acceptors (Lipinski definition) is 7. The van der Waals surface area contributed by atoms with E-state index < -0.39 is 9.84 Å². The van der Waals surface area contributed by atoms with Gasteiger partial charge in [0.1, 0.15) is 15.7 Å². The van der Waals surface area contributed by atoms with Gasteiger partial charge < -0.3 is 4.52 Å². The Hall–Kier alpha value is -2.58. The van der Waals surface area contributed by atoms with Gasteiger partial charge in [-0.2, -0.15) is 0 Å². The van der Waals surface area contributed by atoms with Crippen molar-refractivity contribution in [2.24, 2.45) is 5.41 Å². The first-order chi connectivity index (χ1) is 14.0. The van der Waals surface area contributed by atoms with Crippen molar-refractivity contribution < 1.29 is 22.5 Å². The number of hydrogen-bond donors (Lipinski definition) is 0. The number of aromatic nitrogens is 1. The molecule has 1 aromatic carbocycles. The Labute approximate surface area is 178 Å². The molecule has 0 aliphatic heterocycles. The average Bonchev–Trinajstić information content (AvgIpc) is 3.22. The van der Waals surface area contributed by atoms with Crippen LogP contribution in [-0.4, -0.2) is 31.4 Å². The molecular weight excluding hydrogens is 422 g/mol. The number of carbonyl (C=O) groups excluding carboxylic acids is 2. The van der Waals surface area contributed by atoms with E-state index in [0.29, 0.717) is 29.0 Å². The smallest absolute Gasteiger partial charge is 0.209 e. The molecular formula is C22H21NO5S2. The molecule has 8 heteroatoms. The van der Waals surface area contributed by atoms with E-state index >= 15 is 0 Å². The molecule has 0 N–H and O–H groups in total. The number of sulfone groups is 1. The highest BCUT2D eigenvalue weighted by Crippen LogP contribution is 2.44. The van der Waals surface area contributed by atoms with Gasteiger partial charge in [-0.3, -0.25) is 9.59 Å². The first kappa shape index (κ1) is 20.7. The van der Waals surface area contributed by atoms with Gasteiger partial charge in [-0.1, -0.05) is 49.3 Å². The van der Waals surface area contributed by atoms with Gasteiger partial charge >= 0.3 is 0 Å². The Morgan fingerprint density at radius 3 is 2.47 bits per heavy atom. The van der Waals surface area contributed by atoms with E-state index in [4.69, 9.17) is 4.52 Å². The lowest BCUT2D eigenvalue weighted by Crippen LogP contribution is -2.28. The number of fused-ring (bicyclic) bond motifs is 1. The standard InChI is InChI=1S/C22H21NO5S2/c1-12-16(18(23-28-12)13-8-6-5-7-9-13)19(25)20-14-10-22(2,3)11-15(24)17(14)21(29-20)30(4,26)27/h5-9H,10-11H2,1-4H3. The quantitative estimate of drug-likeness (QED) is 0.551. The molecule has 156 valence electrons. The van der Waals surface area contributed by atoms with Crippen LogP contribution in [0.15, 0.2) is 39.1 Å². The number of rotatable bonds is 4. The summed E-state index contributed by atoms with van der Waals surface area (Å²) in [5, 5.41) is 4.07. The molecule has 0 atom stereocenters. The predicted molar refractivity (Wildman–Crippen MR) is 114 cm³/mol. The fraction of sp³-hybridized carbons (Fsp3) is 0.318. The first-order valence-electron chi connectivity index (χ1n) is 9.45. The molecule has 2 heterocycles. The van der Waals surface area contributed by atoms with Crippen LogP contribution in [0, 0.1) is 12.3 Å². The number of aryl methyl sites for hydroxylation is 1. The van der Waals surface area contributed by atoms with Crippen molar-refractivity contribution in [3.8, 4) is 11.3 Å². The summed E-state index contributed by atoms with van der Waals surface area (Å²) in [6.07, 6.45) is 1.76. The zero-order valence-corrected chi connectivity index (χ0v) is 18.7. The number of ketones is 2. The summed E-state index contributed by atoms with van der Waals surface area (Å²) >= 11 is 0.878. The van der Waals surface area contributed by atoms with Gasteiger partial charge in [0, 0.05) is 18.2 Å². The second-order valence-corrected chi connectivity index (χ2v) is 11.7. The molecule has 4 rings (SSSR count). The monoisotopic (exact) mass is 443 g/mol. The van der Waals surface area contributed by atoms with Gasteiger partial charge in [0.2, 0.25) is 5.78 Å². The number of thiophene rings is 1. The van der Waals surface area contributed by atoms with E-state index in [1.807, 2.05) is 44.2 Å². The molecule has 0 bridgehead atoms. The lowest BCUT2D eigenvalue weighted by atomic mass is 9.74. The molecule has 0 saturated carbocycles. The molecule has 0 radical (unpaired) electrons. The van der Waals surface area contributed by atoms with Crippen LogP contribution in [-0.2, 0) is 16.3 Å². The fourth-order valence-electron chi connectivity index (χ4n) is 3.95. The normalized spacial score (nSPS) is 15.8. The van der Waals surface area contributed by atoms with Crippen molar-refractivity contribution >= 4 is 32.7 Å². The summed E-state index contributed by atoms with van der Waals surface area (Å²) in [5.74, 6) is -0.250. The van der Waals surface area contributed by atoms with E-state index in [0.717, 1.165) is 23.2 Å². The predicted octanol–water partition coefficient (Wildman–Crippen LogP) is 4.50. The molecule has 0 amide bonds. The number of nitrogens with zero attached hydrogens (tertiary/aromatic N) is 1. The molecule has 0 saturated heterocycles. The Morgan fingerprint density at radius 2 is 1.83 bits per heavy atom. The summed E-state index contributed by atoms with van der Waals surface area (Å²) < 4.78 is 30.1. The highest BCUT2D eigenvalue weighted by Gasteiger charge is 2.40. The Morgan fingerprint density at radius 1 is 1.17 bits per heavy atom. The van der Waals surface area contributed by atoms with Crippen LogP contribution < -0.4 is 0 Å². The lowest BCUT2D eigenvalue weighted by molar-refractivity contribution is 0.0909. The minimum absolute atomic E-state index is 0.0308. The summed E-state index contributed by atoms with van der Waals surface area (Å²) in [6, 6.07) is 9.19. The molecule has 2 aromatic heterocycles. The lowest BCUT2D eigenvalue weighted by Gasteiger charge is -2.29. The molecule has 30 heavy (non-hydrogen) atoms. The third kappa shape index (κ3) is 3.44. The Kier molecular flexibility index (Phi) is 4.82. The van der Waals surface area contributed by atoms with Crippen LogP contribution in [0.5, 0.6) is 0 Å². The van der Waals surface area contributed by atoms with Crippen molar-refractivity contribution in [2.75, 3.05) is 6.26 Å². The largest absolute Gasteiger partial charge is 0.360 e. The molecule has 6 nitrogen and oxygen atoms in total. The maximum Gasteiger partial charge on any atom is 0.209 e. The van der Waals surface area contributed by atoms with Crippen LogP contribution in [0.4, 0.5) is 0 Å². The van der Waals surface area contributed by atoms with Crippen LogP contribution in [0.1, 0.15) is 57.2 Å². The van der Waals surface area contributed by atoms with Crippen LogP contribution in [0.3, 0.4) is 0 Å². The Balaban J connectivity index is 1.95. The van der Waals surface area contributed by atoms with E-state index in [2.05, 4.69) is 5.16 Å². The van der Waals surface area contributed by atoms with Gasteiger partial charge in [0.05, 0.1) is 16.0 Å². The fourth-order valence-corrected chi connectivity index (χ4v) is 6.43. The summed E-state index contributed by atoms with van der Waals surface area (Å²) in [4.78, 5) is 26.8. The summed E-state index contributed by atoms with van der Waals surface area (Å²) in [6.45, 7) is 5.54. The molecule has 1 aliphatic carbocycles. The highest BCUT2D eigenvalue weighted by molar-refractivity contribution is 7.92. The van der Waals surface area contributed by atoms with Gasteiger partial charge in [-0.05, 0) is 24.3 Å². The van der Waals surface area contributed by atoms with Crippen LogP contribution in [0.2, 0.25) is 0 Å². The maximum absolute atomic E-state index is 13.7. The first-order valence-corrected chi connectivity index (χ1v) is 12.2. The van der Waals surface area contributed by atoms with Crippen molar-refractivity contribution in [1.82, 2.24) is 5.16 Å². The third-order valence-corrected chi connectivity index (χ3v) is 8.29. The molecule has 0 fully saturated rings. The van der Waals surface area contributed by atoms with Crippen molar-refractivity contribution in [2.45, 2.75) is 37.8 Å². The molecule has 3 aromatic rings. The van der Waals surface area contributed by atoms with Gasteiger partial charge in [-0.25, -0.2) is 8.42 Å². The summed E-state index contributed by atoms with van der Waals surface area (Å²) in [7, 11) is -3.66. The van der Waals surface area contributed by atoms with Gasteiger partial charge in [0.25, 0.3) is 0 Å².